The first-order valence-corrected chi connectivity index (χ1v) is 7.07. The number of hydrogen-bond acceptors (Lipinski definition) is 3. The molecule has 4 nitrogen and oxygen atoms in total. The van der Waals surface area contributed by atoms with Crippen LogP contribution in [-0.4, -0.2) is 22.5 Å². The molecule has 1 saturated heterocycles. The second-order valence-corrected chi connectivity index (χ2v) is 5.41. The maximum atomic E-state index is 11.9. The normalized spacial score (nSPS) is 16.2. The molecule has 1 atom stereocenters. The highest BCUT2D eigenvalue weighted by molar-refractivity contribution is 5.90. The number of phenolic OH excluding ortho intramolecular Hbond substituents is 1. The quantitative estimate of drug-likeness (QED) is 0.919. The molecule has 2 aromatic carbocycles. The van der Waals surface area contributed by atoms with Gasteiger partial charge in [-0.15, -0.1) is 0 Å². The van der Waals surface area contributed by atoms with Crippen molar-refractivity contribution < 1.29 is 9.90 Å². The van der Waals surface area contributed by atoms with Crippen molar-refractivity contribution in [1.29, 1.82) is 5.26 Å². The third-order valence-electron chi connectivity index (χ3n) is 4.16. The van der Waals surface area contributed by atoms with Crippen LogP contribution in [-0.2, 0) is 4.79 Å². The topological polar surface area (TPSA) is 64.3 Å². The number of carbonyl (C=O) groups excluding carboxylic acids is 1. The first-order chi connectivity index (χ1) is 10.1. The lowest BCUT2D eigenvalue weighted by atomic mass is 9.96. The molecule has 2 aromatic rings. The second-order valence-electron chi connectivity index (χ2n) is 5.41. The first-order valence-electron chi connectivity index (χ1n) is 7.07. The first kappa shape index (κ1) is 13.4. The predicted molar refractivity (Wildman–Crippen MR) is 79.7 cm³/mol. The summed E-state index contributed by atoms with van der Waals surface area (Å²) in [5, 5.41) is 21.0. The van der Waals surface area contributed by atoms with Crippen LogP contribution in [0.1, 0.15) is 36.9 Å². The monoisotopic (exact) mass is 280 g/mol. The summed E-state index contributed by atoms with van der Waals surface area (Å²) in [4.78, 5) is 13.8. The summed E-state index contributed by atoms with van der Waals surface area (Å²) in [6.45, 7) is 2.67. The Bertz CT molecular complexity index is 761. The van der Waals surface area contributed by atoms with Gasteiger partial charge in [-0.2, -0.15) is 5.26 Å². The minimum atomic E-state index is -0.170. The zero-order valence-electron chi connectivity index (χ0n) is 11.8. The Hall–Kier alpha value is -2.54. The van der Waals surface area contributed by atoms with Gasteiger partial charge in [0.05, 0.1) is 17.7 Å². The summed E-state index contributed by atoms with van der Waals surface area (Å²) in [5.74, 6) is 0.326. The molecule has 1 amide bonds. The average Bonchev–Trinajstić information content (AvgIpc) is 2.92. The van der Waals surface area contributed by atoms with E-state index < -0.39 is 0 Å². The SMILES string of the molecule is CC(c1c(O)ccc2cc(C#N)ccc12)N1CCCC1=O. The van der Waals surface area contributed by atoms with E-state index in [9.17, 15) is 9.90 Å². The van der Waals surface area contributed by atoms with E-state index in [1.807, 2.05) is 17.9 Å². The van der Waals surface area contributed by atoms with Gasteiger partial charge in [0.2, 0.25) is 5.91 Å². The Morgan fingerprint density at radius 1 is 1.33 bits per heavy atom. The molecule has 21 heavy (non-hydrogen) atoms. The third kappa shape index (κ3) is 2.21. The van der Waals surface area contributed by atoms with E-state index in [0.29, 0.717) is 12.0 Å². The zero-order chi connectivity index (χ0) is 15.0. The Morgan fingerprint density at radius 2 is 2.14 bits per heavy atom. The molecule has 1 N–H and O–H groups in total. The van der Waals surface area contributed by atoms with Gasteiger partial charge in [-0.1, -0.05) is 12.1 Å². The highest BCUT2D eigenvalue weighted by Gasteiger charge is 2.28. The van der Waals surface area contributed by atoms with Crippen LogP contribution in [0.15, 0.2) is 30.3 Å². The minimum absolute atomic E-state index is 0.132. The molecule has 0 aliphatic carbocycles. The molecular formula is C17H16N2O2. The predicted octanol–water partition coefficient (Wildman–Crippen LogP) is 3.10. The van der Waals surface area contributed by atoms with Gasteiger partial charge in [0.15, 0.2) is 0 Å². The average molecular weight is 280 g/mol. The number of fused-ring (bicyclic) bond motifs is 1. The van der Waals surface area contributed by atoms with Crippen molar-refractivity contribution >= 4 is 16.7 Å². The number of benzene rings is 2. The van der Waals surface area contributed by atoms with Crippen molar-refractivity contribution in [2.75, 3.05) is 6.54 Å². The number of carbonyl (C=O) groups is 1. The minimum Gasteiger partial charge on any atom is -0.508 e. The van der Waals surface area contributed by atoms with Crippen LogP contribution in [0.2, 0.25) is 0 Å². The molecular weight excluding hydrogens is 264 g/mol. The van der Waals surface area contributed by atoms with Crippen molar-refractivity contribution in [3.63, 3.8) is 0 Å². The second kappa shape index (κ2) is 5.10. The van der Waals surface area contributed by atoms with Crippen LogP contribution >= 0.6 is 0 Å². The third-order valence-corrected chi connectivity index (χ3v) is 4.16. The molecule has 3 rings (SSSR count). The molecule has 1 aliphatic rings. The standard InChI is InChI=1S/C17H16N2O2/c1-11(19-8-2-3-16(19)21)17-14-6-4-12(10-18)9-13(14)5-7-15(17)20/h4-7,9,11,20H,2-3,8H2,1H3. The Balaban J connectivity index is 2.14. The van der Waals surface area contributed by atoms with Crippen LogP contribution in [0.5, 0.6) is 5.75 Å². The highest BCUT2D eigenvalue weighted by atomic mass is 16.3. The van der Waals surface area contributed by atoms with Gasteiger partial charge in [-0.05, 0) is 42.3 Å². The van der Waals surface area contributed by atoms with Crippen LogP contribution in [0.25, 0.3) is 10.8 Å². The molecule has 1 heterocycles. The van der Waals surface area contributed by atoms with Crippen molar-refractivity contribution in [3.8, 4) is 11.8 Å². The number of phenols is 1. The van der Waals surface area contributed by atoms with E-state index in [1.165, 1.54) is 0 Å². The number of rotatable bonds is 2. The summed E-state index contributed by atoms with van der Waals surface area (Å²) >= 11 is 0. The lowest BCUT2D eigenvalue weighted by molar-refractivity contribution is -0.129. The van der Waals surface area contributed by atoms with Gasteiger partial charge < -0.3 is 10.0 Å². The summed E-state index contributed by atoms with van der Waals surface area (Å²) in [6, 6.07) is 10.8. The number of nitriles is 1. The Morgan fingerprint density at radius 3 is 2.81 bits per heavy atom. The van der Waals surface area contributed by atoms with Gasteiger partial charge >= 0.3 is 0 Å². The van der Waals surface area contributed by atoms with Gasteiger partial charge in [0, 0.05) is 18.5 Å². The van der Waals surface area contributed by atoms with Gasteiger partial charge in [0.25, 0.3) is 0 Å². The summed E-state index contributed by atoms with van der Waals surface area (Å²) in [6.07, 6.45) is 1.45. The summed E-state index contributed by atoms with van der Waals surface area (Å²) < 4.78 is 0. The number of aromatic hydroxyl groups is 1. The fourth-order valence-corrected chi connectivity index (χ4v) is 3.09. The van der Waals surface area contributed by atoms with Crippen LogP contribution in [0.3, 0.4) is 0 Å². The van der Waals surface area contributed by atoms with Crippen molar-refractivity contribution in [3.05, 3.63) is 41.5 Å². The van der Waals surface area contributed by atoms with Crippen LogP contribution in [0, 0.1) is 11.3 Å². The van der Waals surface area contributed by atoms with Gasteiger partial charge in [-0.25, -0.2) is 0 Å². The Kier molecular flexibility index (Phi) is 3.26. The molecule has 106 valence electrons. The van der Waals surface area contributed by atoms with Gasteiger partial charge in [-0.3, -0.25) is 4.79 Å². The maximum Gasteiger partial charge on any atom is 0.223 e. The molecule has 0 bridgehead atoms. The van der Waals surface area contributed by atoms with Crippen LogP contribution in [0.4, 0.5) is 0 Å². The zero-order valence-corrected chi connectivity index (χ0v) is 11.8. The molecule has 1 fully saturated rings. The highest BCUT2D eigenvalue weighted by Crippen LogP contribution is 2.37. The molecule has 0 aromatic heterocycles. The largest absolute Gasteiger partial charge is 0.508 e. The van der Waals surface area contributed by atoms with Crippen molar-refractivity contribution in [2.24, 2.45) is 0 Å². The molecule has 1 unspecified atom stereocenters. The fraction of sp³-hybridized carbons (Fsp3) is 0.294. The number of amides is 1. The van der Waals surface area contributed by atoms with E-state index in [1.54, 1.807) is 24.3 Å². The van der Waals surface area contributed by atoms with Crippen molar-refractivity contribution in [2.45, 2.75) is 25.8 Å². The molecule has 0 radical (unpaired) electrons. The molecule has 0 spiro atoms. The number of likely N-dealkylation sites (tertiary alicyclic amines) is 1. The lowest BCUT2D eigenvalue weighted by Gasteiger charge is -2.26. The van der Waals surface area contributed by atoms with E-state index in [2.05, 4.69) is 6.07 Å². The summed E-state index contributed by atoms with van der Waals surface area (Å²) in [5.41, 5.74) is 1.34. The smallest absolute Gasteiger partial charge is 0.223 e. The van der Waals surface area contributed by atoms with Gasteiger partial charge in [0.1, 0.15) is 5.75 Å². The van der Waals surface area contributed by atoms with E-state index in [4.69, 9.17) is 5.26 Å². The molecule has 0 saturated carbocycles. The maximum absolute atomic E-state index is 11.9. The Labute approximate surface area is 123 Å². The van der Waals surface area contributed by atoms with E-state index in [-0.39, 0.29) is 17.7 Å². The molecule has 4 heteroatoms. The van der Waals surface area contributed by atoms with Crippen molar-refractivity contribution in [1.82, 2.24) is 4.90 Å². The van der Waals surface area contributed by atoms with Crippen LogP contribution < -0.4 is 0 Å². The lowest BCUT2D eigenvalue weighted by Crippen LogP contribution is -2.28. The number of hydrogen-bond donors (Lipinski definition) is 1. The molecule has 1 aliphatic heterocycles. The summed E-state index contributed by atoms with van der Waals surface area (Å²) in [7, 11) is 0. The number of nitrogens with zero attached hydrogens (tertiary/aromatic N) is 2. The van der Waals surface area contributed by atoms with E-state index >= 15 is 0 Å². The fourth-order valence-electron chi connectivity index (χ4n) is 3.09. The van der Waals surface area contributed by atoms with E-state index in [0.717, 1.165) is 29.3 Å².